The number of allylic oxidation sites excluding steroid dienone is 1. The lowest BCUT2D eigenvalue weighted by molar-refractivity contribution is 0.0648. The molecule has 0 N–H and O–H groups in total. The number of rotatable bonds is 4. The first-order valence-electron chi connectivity index (χ1n) is 3.87. The monoisotopic (exact) mass is 176 g/mol. The van der Waals surface area contributed by atoms with Gasteiger partial charge in [0.1, 0.15) is 0 Å². The lowest BCUT2D eigenvalue weighted by Gasteiger charge is -2.19. The Kier molecular flexibility index (Phi) is 4.78. The zero-order valence-corrected chi connectivity index (χ0v) is 8.53. The van der Waals surface area contributed by atoms with Crippen LogP contribution in [-0.4, -0.2) is 18.6 Å². The molecule has 0 aromatic heterocycles. The van der Waals surface area contributed by atoms with Gasteiger partial charge in [-0.05, 0) is 20.3 Å². The standard InChI is InChI=1S/C9H17ClO/c1-5-8(7-10)6-9(2,3)11-4/h6H,5,7H2,1-4H3/b8-6-. The third-order valence-corrected chi connectivity index (χ3v) is 2.05. The third kappa shape index (κ3) is 4.44. The van der Waals surface area contributed by atoms with Crippen LogP contribution in [-0.2, 0) is 4.74 Å². The minimum Gasteiger partial charge on any atom is -0.375 e. The molecule has 66 valence electrons. The molecule has 0 aliphatic carbocycles. The SMILES string of the molecule is CC/C(=C/C(C)(C)OC)CCl. The molecule has 0 atom stereocenters. The highest BCUT2D eigenvalue weighted by molar-refractivity contribution is 6.19. The first kappa shape index (κ1) is 11.0. The van der Waals surface area contributed by atoms with Gasteiger partial charge in [0, 0.05) is 13.0 Å². The smallest absolute Gasteiger partial charge is 0.0805 e. The van der Waals surface area contributed by atoms with E-state index in [0.29, 0.717) is 5.88 Å². The molecule has 0 aliphatic heterocycles. The summed E-state index contributed by atoms with van der Waals surface area (Å²) in [5.41, 5.74) is 1.05. The maximum Gasteiger partial charge on any atom is 0.0805 e. The Hall–Kier alpha value is -0.0100. The van der Waals surface area contributed by atoms with Gasteiger partial charge in [-0.15, -0.1) is 11.6 Å². The van der Waals surface area contributed by atoms with Crippen molar-refractivity contribution in [1.29, 1.82) is 0 Å². The molecule has 1 nitrogen and oxygen atoms in total. The summed E-state index contributed by atoms with van der Waals surface area (Å²) in [5.74, 6) is 0.600. The Bertz CT molecular complexity index is 132. The first-order chi connectivity index (χ1) is 5.05. The summed E-state index contributed by atoms with van der Waals surface area (Å²) in [6.45, 7) is 6.14. The topological polar surface area (TPSA) is 9.23 Å². The van der Waals surface area contributed by atoms with Gasteiger partial charge < -0.3 is 4.74 Å². The molecule has 0 rings (SSSR count). The normalized spacial score (nSPS) is 13.7. The van der Waals surface area contributed by atoms with E-state index in [1.54, 1.807) is 7.11 Å². The predicted molar refractivity (Wildman–Crippen MR) is 50.2 cm³/mol. The van der Waals surface area contributed by atoms with Crippen molar-refractivity contribution >= 4 is 11.6 Å². The van der Waals surface area contributed by atoms with Crippen molar-refractivity contribution in [3.63, 3.8) is 0 Å². The van der Waals surface area contributed by atoms with Crippen molar-refractivity contribution in [2.45, 2.75) is 32.8 Å². The van der Waals surface area contributed by atoms with Crippen LogP contribution in [0.5, 0.6) is 0 Å². The van der Waals surface area contributed by atoms with E-state index in [0.717, 1.165) is 6.42 Å². The number of methoxy groups -OCH3 is 1. The molecule has 0 bridgehead atoms. The van der Waals surface area contributed by atoms with E-state index in [4.69, 9.17) is 16.3 Å². The van der Waals surface area contributed by atoms with Gasteiger partial charge in [0.15, 0.2) is 0 Å². The fourth-order valence-corrected chi connectivity index (χ4v) is 1.05. The number of hydrogen-bond donors (Lipinski definition) is 0. The first-order valence-corrected chi connectivity index (χ1v) is 4.41. The van der Waals surface area contributed by atoms with Gasteiger partial charge in [-0.3, -0.25) is 0 Å². The second-order valence-corrected chi connectivity index (χ2v) is 3.36. The summed E-state index contributed by atoms with van der Waals surface area (Å²) in [6.07, 6.45) is 3.08. The molecular formula is C9H17ClO. The summed E-state index contributed by atoms with van der Waals surface area (Å²) in [4.78, 5) is 0. The highest BCUT2D eigenvalue weighted by atomic mass is 35.5. The lowest BCUT2D eigenvalue weighted by Crippen LogP contribution is -2.19. The van der Waals surface area contributed by atoms with E-state index in [1.165, 1.54) is 5.57 Å². The van der Waals surface area contributed by atoms with Crippen LogP contribution in [0.25, 0.3) is 0 Å². The molecule has 11 heavy (non-hydrogen) atoms. The van der Waals surface area contributed by atoms with E-state index in [9.17, 15) is 0 Å². The zero-order valence-electron chi connectivity index (χ0n) is 7.78. The van der Waals surface area contributed by atoms with E-state index >= 15 is 0 Å². The fraction of sp³-hybridized carbons (Fsp3) is 0.778. The van der Waals surface area contributed by atoms with Crippen LogP contribution >= 0.6 is 11.6 Å². The molecule has 2 heteroatoms. The summed E-state index contributed by atoms with van der Waals surface area (Å²) < 4.78 is 5.24. The maximum atomic E-state index is 5.71. The Morgan fingerprint density at radius 2 is 2.09 bits per heavy atom. The predicted octanol–water partition coefficient (Wildman–Crippen LogP) is 2.99. The molecule has 0 fully saturated rings. The largest absolute Gasteiger partial charge is 0.375 e. The minimum atomic E-state index is -0.180. The van der Waals surface area contributed by atoms with Gasteiger partial charge in [0.2, 0.25) is 0 Å². The fourth-order valence-electron chi connectivity index (χ4n) is 0.786. The average molecular weight is 177 g/mol. The second-order valence-electron chi connectivity index (χ2n) is 3.10. The maximum absolute atomic E-state index is 5.71. The summed E-state index contributed by atoms with van der Waals surface area (Å²) in [5, 5.41) is 0. The van der Waals surface area contributed by atoms with Crippen molar-refractivity contribution in [3.05, 3.63) is 11.6 Å². The Labute approximate surface area is 74.4 Å². The quantitative estimate of drug-likeness (QED) is 0.473. The van der Waals surface area contributed by atoms with E-state index in [2.05, 4.69) is 13.0 Å². The average Bonchev–Trinajstić information content (AvgIpc) is 2.00. The van der Waals surface area contributed by atoms with Gasteiger partial charge in [-0.1, -0.05) is 18.6 Å². The van der Waals surface area contributed by atoms with Crippen molar-refractivity contribution in [1.82, 2.24) is 0 Å². The molecule has 0 aromatic rings. The van der Waals surface area contributed by atoms with Gasteiger partial charge >= 0.3 is 0 Å². The Balaban J connectivity index is 4.24. The minimum absolute atomic E-state index is 0.180. The molecule has 0 saturated heterocycles. The van der Waals surface area contributed by atoms with Gasteiger partial charge in [-0.2, -0.15) is 0 Å². The second kappa shape index (κ2) is 4.78. The lowest BCUT2D eigenvalue weighted by atomic mass is 10.0. The Morgan fingerprint density at radius 3 is 2.36 bits per heavy atom. The molecule has 0 heterocycles. The number of alkyl halides is 1. The molecular weight excluding hydrogens is 160 g/mol. The molecule has 0 radical (unpaired) electrons. The highest BCUT2D eigenvalue weighted by Gasteiger charge is 2.12. The van der Waals surface area contributed by atoms with Gasteiger partial charge in [0.05, 0.1) is 5.60 Å². The number of hydrogen-bond acceptors (Lipinski definition) is 1. The third-order valence-electron chi connectivity index (χ3n) is 1.70. The summed E-state index contributed by atoms with van der Waals surface area (Å²) >= 11 is 5.71. The summed E-state index contributed by atoms with van der Waals surface area (Å²) in [7, 11) is 1.71. The molecule has 0 amide bonds. The van der Waals surface area contributed by atoms with Gasteiger partial charge in [-0.25, -0.2) is 0 Å². The van der Waals surface area contributed by atoms with Crippen molar-refractivity contribution in [2.24, 2.45) is 0 Å². The summed E-state index contributed by atoms with van der Waals surface area (Å²) in [6, 6.07) is 0. The van der Waals surface area contributed by atoms with Crippen LogP contribution in [0.3, 0.4) is 0 Å². The van der Waals surface area contributed by atoms with Crippen LogP contribution in [0.2, 0.25) is 0 Å². The molecule has 0 aliphatic rings. The Morgan fingerprint density at radius 1 is 1.55 bits per heavy atom. The van der Waals surface area contributed by atoms with E-state index in [1.807, 2.05) is 13.8 Å². The van der Waals surface area contributed by atoms with Crippen molar-refractivity contribution < 1.29 is 4.74 Å². The molecule has 0 unspecified atom stereocenters. The molecule has 0 spiro atoms. The van der Waals surface area contributed by atoms with Crippen LogP contribution < -0.4 is 0 Å². The van der Waals surface area contributed by atoms with E-state index in [-0.39, 0.29) is 5.60 Å². The highest BCUT2D eigenvalue weighted by Crippen LogP contribution is 2.15. The van der Waals surface area contributed by atoms with Crippen LogP contribution in [0.1, 0.15) is 27.2 Å². The molecule has 0 saturated carbocycles. The van der Waals surface area contributed by atoms with Crippen LogP contribution in [0.15, 0.2) is 11.6 Å². The number of halogens is 1. The van der Waals surface area contributed by atoms with Crippen LogP contribution in [0, 0.1) is 0 Å². The van der Waals surface area contributed by atoms with Crippen molar-refractivity contribution in [3.8, 4) is 0 Å². The van der Waals surface area contributed by atoms with Crippen molar-refractivity contribution in [2.75, 3.05) is 13.0 Å². The van der Waals surface area contributed by atoms with Crippen LogP contribution in [0.4, 0.5) is 0 Å². The van der Waals surface area contributed by atoms with E-state index < -0.39 is 0 Å². The number of ether oxygens (including phenoxy) is 1. The van der Waals surface area contributed by atoms with Gasteiger partial charge in [0.25, 0.3) is 0 Å². The zero-order chi connectivity index (χ0) is 8.91. The molecule has 0 aromatic carbocycles.